The minimum Gasteiger partial charge on any atom is -0.496 e. The molecule has 33 heavy (non-hydrogen) atoms. The number of methoxy groups -OCH3 is 1. The molecule has 4 aromatic rings. The number of nitrogens with zero attached hydrogens (tertiary/aromatic N) is 2. The Hall–Kier alpha value is -4.23. The van der Waals surface area contributed by atoms with Crippen molar-refractivity contribution in [1.82, 2.24) is 15.3 Å². The van der Waals surface area contributed by atoms with Crippen molar-refractivity contribution in [2.24, 2.45) is 5.73 Å². The molecule has 1 aromatic heterocycles. The normalized spacial score (nSPS) is 12.5. The Kier molecular flexibility index (Phi) is 6.33. The summed E-state index contributed by atoms with van der Waals surface area (Å²) in [5.41, 5.74) is 8.68. The fraction of sp³-hybridized carbons (Fsp3) is 0.115. The van der Waals surface area contributed by atoms with E-state index in [0.717, 1.165) is 33.8 Å². The number of carbonyl (C=O) groups excluding carboxylic acids is 1. The van der Waals surface area contributed by atoms with E-state index < -0.39 is 11.4 Å². The molecule has 1 atom stereocenters. The van der Waals surface area contributed by atoms with Gasteiger partial charge in [-0.3, -0.25) is 10.1 Å². The van der Waals surface area contributed by atoms with E-state index in [-0.39, 0.29) is 0 Å². The summed E-state index contributed by atoms with van der Waals surface area (Å²) in [6, 6.07) is 26.5. The summed E-state index contributed by atoms with van der Waals surface area (Å²) in [5, 5.41) is 6.41. The highest BCUT2D eigenvalue weighted by atomic mass is 16.5. The second-order valence-electron chi connectivity index (χ2n) is 7.42. The molecule has 0 fully saturated rings. The van der Waals surface area contributed by atoms with Crippen molar-refractivity contribution in [3.8, 4) is 17.0 Å². The van der Waals surface area contributed by atoms with Gasteiger partial charge in [-0.1, -0.05) is 54.6 Å². The Labute approximate surface area is 192 Å². The predicted octanol–water partition coefficient (Wildman–Crippen LogP) is 3.84. The van der Waals surface area contributed by atoms with E-state index in [1.807, 2.05) is 84.9 Å². The van der Waals surface area contributed by atoms with Crippen molar-refractivity contribution in [2.75, 3.05) is 19.5 Å². The van der Waals surface area contributed by atoms with Gasteiger partial charge in [0.15, 0.2) is 0 Å². The number of aromatic nitrogens is 2. The lowest BCUT2D eigenvalue weighted by atomic mass is 9.82. The molecule has 3 aromatic carbocycles. The van der Waals surface area contributed by atoms with Crippen LogP contribution in [0.3, 0.4) is 0 Å². The quantitative estimate of drug-likeness (QED) is 0.386. The van der Waals surface area contributed by atoms with Crippen molar-refractivity contribution in [1.29, 1.82) is 0 Å². The first-order chi connectivity index (χ1) is 16.1. The third-order valence-corrected chi connectivity index (χ3v) is 5.59. The highest BCUT2D eigenvalue weighted by Gasteiger charge is 2.38. The van der Waals surface area contributed by atoms with Crippen molar-refractivity contribution in [3.05, 3.63) is 102 Å². The molecule has 7 heteroatoms. The lowest BCUT2D eigenvalue weighted by molar-refractivity contribution is -0.123. The highest BCUT2D eigenvalue weighted by Crippen LogP contribution is 2.32. The molecular weight excluding hydrogens is 414 g/mol. The summed E-state index contributed by atoms with van der Waals surface area (Å²) in [5.74, 6) is 0.896. The van der Waals surface area contributed by atoms with Gasteiger partial charge < -0.3 is 15.8 Å². The Morgan fingerprint density at radius 3 is 2.24 bits per heavy atom. The molecule has 0 aliphatic carbocycles. The molecule has 1 heterocycles. The third kappa shape index (κ3) is 4.26. The zero-order valence-corrected chi connectivity index (χ0v) is 18.4. The number of hydrogen-bond acceptors (Lipinski definition) is 6. The van der Waals surface area contributed by atoms with Crippen LogP contribution in [0.4, 0.5) is 11.5 Å². The molecule has 166 valence electrons. The molecular formula is C26H25N5O2. The number of primary amides is 1. The van der Waals surface area contributed by atoms with Crippen molar-refractivity contribution in [2.45, 2.75) is 5.54 Å². The molecule has 1 amide bonds. The van der Waals surface area contributed by atoms with Crippen molar-refractivity contribution in [3.63, 3.8) is 0 Å². The molecule has 0 aliphatic heterocycles. The first kappa shape index (κ1) is 22.0. The average molecular weight is 440 g/mol. The minimum atomic E-state index is -1.13. The number of amides is 1. The number of hydrogen-bond donors (Lipinski definition) is 3. The molecule has 0 saturated heterocycles. The van der Waals surface area contributed by atoms with Crippen molar-refractivity contribution >= 4 is 17.4 Å². The molecule has 0 radical (unpaired) electrons. The topological polar surface area (TPSA) is 102 Å². The summed E-state index contributed by atoms with van der Waals surface area (Å²) in [4.78, 5) is 21.3. The number of rotatable bonds is 8. The van der Waals surface area contributed by atoms with Gasteiger partial charge in [0.25, 0.3) is 0 Å². The molecule has 0 spiro atoms. The van der Waals surface area contributed by atoms with Gasteiger partial charge in [0.05, 0.1) is 12.8 Å². The summed E-state index contributed by atoms with van der Waals surface area (Å²) < 4.78 is 5.44. The molecule has 7 nitrogen and oxygen atoms in total. The van der Waals surface area contributed by atoms with Crippen LogP contribution in [-0.4, -0.2) is 30.0 Å². The summed E-state index contributed by atoms with van der Waals surface area (Å²) in [7, 11) is 3.36. The van der Waals surface area contributed by atoms with Crippen LogP contribution >= 0.6 is 0 Å². The smallest absolute Gasteiger partial charge is 0.247 e. The number of carbonyl (C=O) groups is 1. The Balaban J connectivity index is 1.63. The van der Waals surface area contributed by atoms with Gasteiger partial charge in [0.2, 0.25) is 5.91 Å². The van der Waals surface area contributed by atoms with Gasteiger partial charge in [-0.2, -0.15) is 0 Å². The number of anilines is 2. The van der Waals surface area contributed by atoms with Gasteiger partial charge in [0.1, 0.15) is 23.4 Å². The predicted molar refractivity (Wildman–Crippen MR) is 129 cm³/mol. The number of para-hydroxylation sites is 1. The second-order valence-corrected chi connectivity index (χ2v) is 7.42. The number of ether oxygens (including phenoxy) is 1. The van der Waals surface area contributed by atoms with Gasteiger partial charge in [-0.25, -0.2) is 9.97 Å². The average Bonchev–Trinajstić information content (AvgIpc) is 2.86. The van der Waals surface area contributed by atoms with Crippen LogP contribution in [0.15, 0.2) is 91.3 Å². The fourth-order valence-corrected chi connectivity index (χ4v) is 3.93. The van der Waals surface area contributed by atoms with Gasteiger partial charge in [-0.15, -0.1) is 0 Å². The van der Waals surface area contributed by atoms with E-state index >= 15 is 0 Å². The van der Waals surface area contributed by atoms with Crippen LogP contribution in [0.5, 0.6) is 5.75 Å². The molecule has 0 aliphatic rings. The summed E-state index contributed by atoms with van der Waals surface area (Å²) in [6.07, 6.45) is 1.51. The first-order valence-electron chi connectivity index (χ1n) is 10.5. The van der Waals surface area contributed by atoms with E-state index in [2.05, 4.69) is 20.6 Å². The highest BCUT2D eigenvalue weighted by molar-refractivity contribution is 5.90. The number of benzene rings is 3. The van der Waals surface area contributed by atoms with E-state index in [9.17, 15) is 4.79 Å². The SMILES string of the molecule is CNC(C(N)=O)(c1ccccc1)c1ccc(Nc2cc(-c3ccccc3OC)ncn2)cc1. The number of likely N-dealkylation sites (N-methyl/N-ethyl adjacent to an activating group) is 1. The van der Waals surface area contributed by atoms with Crippen molar-refractivity contribution < 1.29 is 9.53 Å². The van der Waals surface area contributed by atoms with Crippen LogP contribution in [-0.2, 0) is 10.3 Å². The maximum Gasteiger partial charge on any atom is 0.247 e. The minimum absolute atomic E-state index is 0.478. The monoisotopic (exact) mass is 439 g/mol. The van der Waals surface area contributed by atoms with Crippen LogP contribution in [0.1, 0.15) is 11.1 Å². The number of nitrogens with two attached hydrogens (primary N) is 1. The maximum atomic E-state index is 12.6. The lowest BCUT2D eigenvalue weighted by Gasteiger charge is -2.31. The van der Waals surface area contributed by atoms with Crippen LogP contribution in [0, 0.1) is 0 Å². The Morgan fingerprint density at radius 1 is 0.909 bits per heavy atom. The van der Waals surface area contributed by atoms with Gasteiger partial charge >= 0.3 is 0 Å². The van der Waals surface area contributed by atoms with Crippen LogP contribution in [0.25, 0.3) is 11.3 Å². The zero-order chi connectivity index (χ0) is 23.3. The fourth-order valence-electron chi connectivity index (χ4n) is 3.93. The van der Waals surface area contributed by atoms with E-state index in [1.54, 1.807) is 14.2 Å². The summed E-state index contributed by atoms with van der Waals surface area (Å²) >= 11 is 0. The molecule has 0 bridgehead atoms. The molecule has 0 saturated carbocycles. The third-order valence-electron chi connectivity index (χ3n) is 5.59. The second kappa shape index (κ2) is 9.50. The number of nitrogens with one attached hydrogen (secondary N) is 2. The Bertz CT molecular complexity index is 1250. The van der Waals surface area contributed by atoms with E-state index in [0.29, 0.717) is 5.82 Å². The standard InChI is InChI=1S/C26H25N5O2/c1-28-26(25(27)32,18-8-4-3-5-9-18)19-12-14-20(15-13-19)31-24-16-22(29-17-30-24)21-10-6-7-11-23(21)33-2/h3-17,28H,1-2H3,(H2,27,32)(H,29,30,31). The van der Waals surface area contributed by atoms with Gasteiger partial charge in [0, 0.05) is 17.3 Å². The van der Waals surface area contributed by atoms with Gasteiger partial charge in [-0.05, 0) is 42.4 Å². The van der Waals surface area contributed by atoms with Crippen LogP contribution < -0.4 is 21.1 Å². The van der Waals surface area contributed by atoms with E-state index in [1.165, 1.54) is 6.33 Å². The maximum absolute atomic E-state index is 12.6. The molecule has 1 unspecified atom stereocenters. The zero-order valence-electron chi connectivity index (χ0n) is 18.4. The van der Waals surface area contributed by atoms with E-state index in [4.69, 9.17) is 10.5 Å². The largest absolute Gasteiger partial charge is 0.496 e. The molecule has 4 N–H and O–H groups in total. The summed E-state index contributed by atoms with van der Waals surface area (Å²) in [6.45, 7) is 0. The first-order valence-corrected chi connectivity index (χ1v) is 10.5. The Morgan fingerprint density at radius 2 is 1.58 bits per heavy atom. The molecule has 4 rings (SSSR count). The lowest BCUT2D eigenvalue weighted by Crippen LogP contribution is -2.52. The van der Waals surface area contributed by atoms with Crippen LogP contribution in [0.2, 0.25) is 0 Å².